The highest BCUT2D eigenvalue weighted by molar-refractivity contribution is 4.82. The normalized spacial score (nSPS) is 34.2. The van der Waals surface area contributed by atoms with Crippen LogP contribution in [0.15, 0.2) is 0 Å². The maximum Gasteiger partial charge on any atom is 0.00696 e. The molecular formula is C14H27N. The van der Waals surface area contributed by atoms with Crippen LogP contribution in [0.25, 0.3) is 0 Å². The lowest BCUT2D eigenvalue weighted by atomic mass is 9.84. The number of nitrogens with one attached hydrogen (secondary N) is 1. The van der Waals surface area contributed by atoms with Crippen LogP contribution in [0, 0.1) is 11.8 Å². The molecule has 88 valence electrons. The van der Waals surface area contributed by atoms with Crippen molar-refractivity contribution in [2.75, 3.05) is 6.54 Å². The Balaban J connectivity index is 1.86. The molecule has 0 aromatic rings. The van der Waals surface area contributed by atoms with Crippen LogP contribution < -0.4 is 5.32 Å². The van der Waals surface area contributed by atoms with Gasteiger partial charge in [-0.1, -0.05) is 51.9 Å². The van der Waals surface area contributed by atoms with Crippen LogP contribution in [0.4, 0.5) is 0 Å². The molecule has 1 heteroatoms. The lowest BCUT2D eigenvalue weighted by molar-refractivity contribution is 0.280. The van der Waals surface area contributed by atoms with Crippen molar-refractivity contribution in [1.29, 1.82) is 0 Å². The Hall–Kier alpha value is -0.0400. The van der Waals surface area contributed by atoms with Crippen molar-refractivity contribution in [1.82, 2.24) is 5.32 Å². The SMILES string of the molecule is CCNC1CCCCC(C2CCCC2)C1. The molecule has 2 atom stereocenters. The molecule has 0 amide bonds. The Morgan fingerprint density at radius 1 is 0.867 bits per heavy atom. The van der Waals surface area contributed by atoms with E-state index in [0.29, 0.717) is 0 Å². The predicted octanol–water partition coefficient (Wildman–Crippen LogP) is 3.74. The van der Waals surface area contributed by atoms with E-state index in [1.54, 1.807) is 0 Å². The first kappa shape index (κ1) is 11.4. The second kappa shape index (κ2) is 5.89. The van der Waals surface area contributed by atoms with Gasteiger partial charge in [0.2, 0.25) is 0 Å². The van der Waals surface area contributed by atoms with E-state index in [4.69, 9.17) is 0 Å². The highest BCUT2D eigenvalue weighted by Crippen LogP contribution is 2.38. The average molecular weight is 209 g/mol. The molecular weight excluding hydrogens is 182 g/mol. The van der Waals surface area contributed by atoms with Gasteiger partial charge in [0, 0.05) is 6.04 Å². The van der Waals surface area contributed by atoms with E-state index in [1.807, 2.05) is 0 Å². The second-order valence-corrected chi connectivity index (χ2v) is 5.58. The Labute approximate surface area is 95.0 Å². The highest BCUT2D eigenvalue weighted by Gasteiger charge is 2.28. The molecule has 0 aromatic heterocycles. The third-order valence-corrected chi connectivity index (χ3v) is 4.52. The fraction of sp³-hybridized carbons (Fsp3) is 1.00. The summed E-state index contributed by atoms with van der Waals surface area (Å²) in [5.41, 5.74) is 0. The minimum absolute atomic E-state index is 0.836. The first-order valence-electron chi connectivity index (χ1n) is 7.13. The van der Waals surface area contributed by atoms with Crippen LogP contribution in [-0.4, -0.2) is 12.6 Å². The van der Waals surface area contributed by atoms with Gasteiger partial charge in [0.25, 0.3) is 0 Å². The van der Waals surface area contributed by atoms with Gasteiger partial charge in [-0.25, -0.2) is 0 Å². The third-order valence-electron chi connectivity index (χ3n) is 4.52. The van der Waals surface area contributed by atoms with Gasteiger partial charge in [0.1, 0.15) is 0 Å². The van der Waals surface area contributed by atoms with Crippen molar-refractivity contribution in [2.45, 2.75) is 70.8 Å². The van der Waals surface area contributed by atoms with Gasteiger partial charge in [0.15, 0.2) is 0 Å². The number of hydrogen-bond donors (Lipinski definition) is 1. The zero-order valence-electron chi connectivity index (χ0n) is 10.3. The van der Waals surface area contributed by atoms with Crippen molar-refractivity contribution in [2.24, 2.45) is 11.8 Å². The van der Waals surface area contributed by atoms with Crippen LogP contribution in [0.5, 0.6) is 0 Å². The van der Waals surface area contributed by atoms with Gasteiger partial charge in [-0.15, -0.1) is 0 Å². The zero-order chi connectivity index (χ0) is 10.5. The fourth-order valence-electron chi connectivity index (χ4n) is 3.73. The van der Waals surface area contributed by atoms with Crippen LogP contribution in [-0.2, 0) is 0 Å². The summed E-state index contributed by atoms with van der Waals surface area (Å²) in [6.07, 6.45) is 13.4. The first-order chi connectivity index (χ1) is 7.40. The van der Waals surface area contributed by atoms with E-state index in [2.05, 4.69) is 12.2 Å². The number of hydrogen-bond acceptors (Lipinski definition) is 1. The van der Waals surface area contributed by atoms with E-state index in [-0.39, 0.29) is 0 Å². The first-order valence-corrected chi connectivity index (χ1v) is 7.13. The smallest absolute Gasteiger partial charge is 0.00696 e. The van der Waals surface area contributed by atoms with Gasteiger partial charge in [0.05, 0.1) is 0 Å². The minimum Gasteiger partial charge on any atom is -0.314 e. The van der Waals surface area contributed by atoms with Crippen LogP contribution in [0.1, 0.15) is 64.7 Å². The average Bonchev–Trinajstić information content (AvgIpc) is 2.67. The molecule has 2 rings (SSSR count). The highest BCUT2D eigenvalue weighted by atomic mass is 14.9. The summed E-state index contributed by atoms with van der Waals surface area (Å²) in [5.74, 6) is 2.14. The Kier molecular flexibility index (Phi) is 4.49. The van der Waals surface area contributed by atoms with E-state index in [9.17, 15) is 0 Å². The van der Waals surface area contributed by atoms with Gasteiger partial charge in [-0.2, -0.15) is 0 Å². The summed E-state index contributed by atoms with van der Waals surface area (Å²) in [5, 5.41) is 3.68. The van der Waals surface area contributed by atoms with Crippen LogP contribution in [0.3, 0.4) is 0 Å². The Morgan fingerprint density at radius 3 is 2.13 bits per heavy atom. The molecule has 0 aliphatic heterocycles. The molecule has 1 N–H and O–H groups in total. The molecule has 2 aliphatic rings. The largest absolute Gasteiger partial charge is 0.314 e. The van der Waals surface area contributed by atoms with Crippen molar-refractivity contribution < 1.29 is 0 Å². The van der Waals surface area contributed by atoms with Crippen molar-refractivity contribution >= 4 is 0 Å². The molecule has 0 radical (unpaired) electrons. The van der Waals surface area contributed by atoms with Crippen molar-refractivity contribution in [3.05, 3.63) is 0 Å². The molecule has 2 saturated carbocycles. The van der Waals surface area contributed by atoms with Crippen LogP contribution in [0.2, 0.25) is 0 Å². The van der Waals surface area contributed by atoms with Crippen molar-refractivity contribution in [3.8, 4) is 0 Å². The molecule has 0 aromatic carbocycles. The van der Waals surface area contributed by atoms with Gasteiger partial charge in [-0.3, -0.25) is 0 Å². The number of rotatable bonds is 3. The van der Waals surface area contributed by atoms with E-state index in [1.165, 1.54) is 57.8 Å². The topological polar surface area (TPSA) is 12.0 Å². The summed E-state index contributed by atoms with van der Waals surface area (Å²) < 4.78 is 0. The van der Waals surface area contributed by atoms with Crippen LogP contribution >= 0.6 is 0 Å². The molecule has 2 fully saturated rings. The summed E-state index contributed by atoms with van der Waals surface area (Å²) in [6.45, 7) is 3.40. The van der Waals surface area contributed by atoms with E-state index >= 15 is 0 Å². The lowest BCUT2D eigenvalue weighted by Crippen LogP contribution is -2.31. The van der Waals surface area contributed by atoms with Gasteiger partial charge < -0.3 is 5.32 Å². The summed E-state index contributed by atoms with van der Waals surface area (Å²) in [7, 11) is 0. The predicted molar refractivity (Wildman–Crippen MR) is 66.0 cm³/mol. The molecule has 2 unspecified atom stereocenters. The Bertz CT molecular complexity index is 172. The zero-order valence-corrected chi connectivity index (χ0v) is 10.3. The summed E-state index contributed by atoms with van der Waals surface area (Å²) >= 11 is 0. The molecule has 1 nitrogen and oxygen atoms in total. The monoisotopic (exact) mass is 209 g/mol. The van der Waals surface area contributed by atoms with E-state index < -0.39 is 0 Å². The molecule has 0 heterocycles. The van der Waals surface area contributed by atoms with Gasteiger partial charge in [-0.05, 0) is 31.2 Å². The van der Waals surface area contributed by atoms with Crippen molar-refractivity contribution in [3.63, 3.8) is 0 Å². The standard InChI is InChI=1S/C14H27N/c1-2-15-14-10-6-5-9-13(11-14)12-7-3-4-8-12/h12-15H,2-11H2,1H3. The Morgan fingerprint density at radius 2 is 1.47 bits per heavy atom. The molecule has 0 spiro atoms. The van der Waals surface area contributed by atoms with Gasteiger partial charge >= 0.3 is 0 Å². The summed E-state index contributed by atoms with van der Waals surface area (Å²) in [6, 6.07) is 0.836. The molecule has 0 saturated heterocycles. The quantitative estimate of drug-likeness (QED) is 0.698. The fourth-order valence-corrected chi connectivity index (χ4v) is 3.73. The summed E-state index contributed by atoms with van der Waals surface area (Å²) in [4.78, 5) is 0. The van der Waals surface area contributed by atoms with E-state index in [0.717, 1.165) is 24.4 Å². The third kappa shape index (κ3) is 3.21. The molecule has 0 bridgehead atoms. The maximum absolute atomic E-state index is 3.68. The maximum atomic E-state index is 3.68. The molecule has 2 aliphatic carbocycles. The minimum atomic E-state index is 0.836. The molecule has 15 heavy (non-hydrogen) atoms. The second-order valence-electron chi connectivity index (χ2n) is 5.58. The lowest BCUT2D eigenvalue weighted by Gasteiger charge is -2.25.